The first-order valence-corrected chi connectivity index (χ1v) is 8.10. The van der Waals surface area contributed by atoms with E-state index in [1.165, 1.54) is 23.2 Å². The van der Waals surface area contributed by atoms with Crippen LogP contribution >= 0.6 is 12.2 Å². The molecule has 1 aliphatic rings. The molecule has 1 N–H and O–H groups in total. The average Bonchev–Trinajstić information content (AvgIpc) is 2.97. The molecule has 0 bridgehead atoms. The maximum atomic E-state index is 13.1. The molecule has 2 aromatic heterocycles. The summed E-state index contributed by atoms with van der Waals surface area (Å²) in [5, 5.41) is 11.2. The lowest BCUT2D eigenvalue weighted by Gasteiger charge is -2.00. The van der Waals surface area contributed by atoms with E-state index in [1.807, 2.05) is 12.1 Å². The van der Waals surface area contributed by atoms with Gasteiger partial charge in [0, 0.05) is 11.5 Å². The predicted octanol–water partition coefficient (Wildman–Crippen LogP) is 4.35. The number of aromatic nitrogens is 3. The fourth-order valence-corrected chi connectivity index (χ4v) is 2.83. The van der Waals surface area contributed by atoms with Gasteiger partial charge in [0.2, 0.25) is 4.77 Å². The van der Waals surface area contributed by atoms with Gasteiger partial charge in [-0.25, -0.2) is 9.49 Å². The van der Waals surface area contributed by atoms with E-state index in [0.29, 0.717) is 33.8 Å². The number of halogens is 1. The summed E-state index contributed by atoms with van der Waals surface area (Å²) >= 11 is 5.21. The molecule has 1 aromatic carbocycles. The van der Waals surface area contributed by atoms with Gasteiger partial charge in [0.15, 0.2) is 5.82 Å². The number of benzene rings is 1. The molecular formula is C17H15FN4OS. The first-order valence-electron chi connectivity index (χ1n) is 7.69. The molecule has 0 aliphatic heterocycles. The first kappa shape index (κ1) is 15.0. The molecule has 1 fully saturated rings. The maximum Gasteiger partial charge on any atom is 0.216 e. The van der Waals surface area contributed by atoms with Crippen molar-refractivity contribution in [3.8, 4) is 11.4 Å². The quantitative estimate of drug-likeness (QED) is 0.566. The van der Waals surface area contributed by atoms with Gasteiger partial charge < -0.3 is 4.42 Å². The monoisotopic (exact) mass is 342 g/mol. The Labute approximate surface area is 142 Å². The van der Waals surface area contributed by atoms with E-state index < -0.39 is 0 Å². The van der Waals surface area contributed by atoms with Gasteiger partial charge in [0.25, 0.3) is 0 Å². The highest BCUT2D eigenvalue weighted by atomic mass is 32.1. The number of nitrogens with one attached hydrogen (secondary N) is 1. The minimum Gasteiger partial charge on any atom is -0.460 e. The van der Waals surface area contributed by atoms with Gasteiger partial charge in [-0.3, -0.25) is 0 Å². The van der Waals surface area contributed by atoms with Gasteiger partial charge in [0.1, 0.15) is 17.3 Å². The van der Waals surface area contributed by atoms with Crippen LogP contribution in [0.1, 0.15) is 30.8 Å². The third kappa shape index (κ3) is 2.82. The van der Waals surface area contributed by atoms with Gasteiger partial charge >= 0.3 is 0 Å². The molecular weight excluding hydrogens is 327 g/mol. The van der Waals surface area contributed by atoms with Crippen molar-refractivity contribution < 1.29 is 8.81 Å². The van der Waals surface area contributed by atoms with Gasteiger partial charge in [-0.1, -0.05) is 6.92 Å². The normalized spacial score (nSPS) is 19.9. The second-order valence-corrected chi connectivity index (χ2v) is 6.36. The number of rotatable bonds is 4. The second-order valence-electron chi connectivity index (χ2n) is 5.98. The third-order valence-electron chi connectivity index (χ3n) is 4.18. The zero-order valence-corrected chi connectivity index (χ0v) is 13.8. The largest absolute Gasteiger partial charge is 0.460 e. The molecule has 0 radical (unpaired) electrons. The highest BCUT2D eigenvalue weighted by molar-refractivity contribution is 7.71. The second kappa shape index (κ2) is 5.83. The Kier molecular flexibility index (Phi) is 3.65. The van der Waals surface area contributed by atoms with Gasteiger partial charge in [-0.05, 0) is 61.0 Å². The van der Waals surface area contributed by atoms with Gasteiger partial charge in [-0.15, -0.1) is 0 Å². The van der Waals surface area contributed by atoms with Crippen LogP contribution in [0.4, 0.5) is 4.39 Å². The Morgan fingerprint density at radius 2 is 2.08 bits per heavy atom. The van der Waals surface area contributed by atoms with E-state index in [4.69, 9.17) is 16.6 Å². The smallest absolute Gasteiger partial charge is 0.216 e. The van der Waals surface area contributed by atoms with Crippen LogP contribution < -0.4 is 0 Å². The average molecular weight is 342 g/mol. The van der Waals surface area contributed by atoms with Crippen LogP contribution in [0, 0.1) is 16.5 Å². The fourth-order valence-electron chi connectivity index (χ4n) is 2.65. The Balaban J connectivity index is 1.62. The van der Waals surface area contributed by atoms with Gasteiger partial charge in [0.05, 0.1) is 6.21 Å². The van der Waals surface area contributed by atoms with Crippen LogP contribution in [0.2, 0.25) is 0 Å². The van der Waals surface area contributed by atoms with Crippen LogP contribution in [0.15, 0.2) is 45.9 Å². The number of nitrogens with zero attached hydrogens (tertiary/aromatic N) is 3. The molecule has 5 nitrogen and oxygen atoms in total. The highest BCUT2D eigenvalue weighted by Crippen LogP contribution is 2.47. The van der Waals surface area contributed by atoms with Crippen molar-refractivity contribution in [3.05, 3.63) is 58.5 Å². The molecule has 0 spiro atoms. The molecule has 0 amide bonds. The molecule has 0 saturated heterocycles. The lowest BCUT2D eigenvalue weighted by Crippen LogP contribution is -1.94. The molecule has 2 heterocycles. The summed E-state index contributed by atoms with van der Waals surface area (Å²) < 4.78 is 20.7. The zero-order valence-electron chi connectivity index (χ0n) is 12.9. The highest BCUT2D eigenvalue weighted by Gasteiger charge is 2.36. The molecule has 3 aromatic rings. The molecule has 7 heteroatoms. The SMILES string of the molecule is C[C@@H]1C[C@H]1c1ccc(/C=N\n2c(-c3ccc(F)cc3)n[nH]c2=S)o1. The maximum absolute atomic E-state index is 13.1. The molecule has 4 rings (SSSR count). The van der Waals surface area contributed by atoms with E-state index in [0.717, 1.165) is 5.76 Å². The summed E-state index contributed by atoms with van der Waals surface area (Å²) in [6, 6.07) is 9.89. The summed E-state index contributed by atoms with van der Waals surface area (Å²) in [6.07, 6.45) is 2.78. The van der Waals surface area contributed by atoms with Crippen molar-refractivity contribution >= 4 is 18.4 Å². The van der Waals surface area contributed by atoms with E-state index >= 15 is 0 Å². The Hall–Kier alpha value is -2.54. The summed E-state index contributed by atoms with van der Waals surface area (Å²) in [7, 11) is 0. The van der Waals surface area contributed by atoms with Crippen molar-refractivity contribution in [1.29, 1.82) is 0 Å². The zero-order chi connectivity index (χ0) is 16.7. The third-order valence-corrected chi connectivity index (χ3v) is 4.44. The first-order chi connectivity index (χ1) is 11.6. The molecule has 2 atom stereocenters. The summed E-state index contributed by atoms with van der Waals surface area (Å²) in [4.78, 5) is 0. The Morgan fingerprint density at radius 1 is 1.33 bits per heavy atom. The van der Waals surface area contributed by atoms with E-state index in [9.17, 15) is 4.39 Å². The van der Waals surface area contributed by atoms with Crippen LogP contribution in [0.5, 0.6) is 0 Å². The van der Waals surface area contributed by atoms with E-state index in [2.05, 4.69) is 22.2 Å². The summed E-state index contributed by atoms with van der Waals surface area (Å²) in [5.41, 5.74) is 0.716. The van der Waals surface area contributed by atoms with Crippen molar-refractivity contribution in [2.24, 2.45) is 11.0 Å². The number of aromatic amines is 1. The van der Waals surface area contributed by atoms with Crippen molar-refractivity contribution in [1.82, 2.24) is 14.9 Å². The van der Waals surface area contributed by atoms with E-state index in [1.54, 1.807) is 18.3 Å². The molecule has 122 valence electrons. The topological polar surface area (TPSA) is 59.1 Å². The van der Waals surface area contributed by atoms with Crippen LogP contribution in [-0.4, -0.2) is 21.1 Å². The summed E-state index contributed by atoms with van der Waals surface area (Å²) in [6.45, 7) is 2.21. The molecule has 1 aliphatic carbocycles. The lowest BCUT2D eigenvalue weighted by atomic mass is 10.2. The van der Waals surface area contributed by atoms with Gasteiger partial charge in [-0.2, -0.15) is 14.9 Å². The number of hydrogen-bond donors (Lipinski definition) is 1. The van der Waals surface area contributed by atoms with Crippen LogP contribution in [0.25, 0.3) is 11.4 Å². The molecule has 24 heavy (non-hydrogen) atoms. The number of furan rings is 1. The van der Waals surface area contributed by atoms with Crippen molar-refractivity contribution in [3.63, 3.8) is 0 Å². The lowest BCUT2D eigenvalue weighted by molar-refractivity contribution is 0.500. The minimum atomic E-state index is -0.305. The van der Waals surface area contributed by atoms with Crippen LogP contribution in [-0.2, 0) is 0 Å². The fraction of sp³-hybridized carbons (Fsp3) is 0.235. The Bertz CT molecular complexity index is 954. The standard InChI is InChI=1S/C17H15FN4OS/c1-10-8-14(10)15-7-6-13(23-15)9-19-22-16(20-21-17(22)24)11-2-4-12(18)5-3-11/h2-7,9-10,14H,8H2,1H3,(H,21,24)/b19-9-/t10-,14-/m1/s1. The van der Waals surface area contributed by atoms with Crippen molar-refractivity contribution in [2.45, 2.75) is 19.3 Å². The predicted molar refractivity (Wildman–Crippen MR) is 91.0 cm³/mol. The van der Waals surface area contributed by atoms with E-state index in [-0.39, 0.29) is 5.82 Å². The number of hydrogen-bond acceptors (Lipinski definition) is 4. The molecule has 0 unspecified atom stereocenters. The summed E-state index contributed by atoms with van der Waals surface area (Å²) in [5.74, 6) is 3.08. The van der Waals surface area contributed by atoms with Crippen LogP contribution in [0.3, 0.4) is 0 Å². The van der Waals surface area contributed by atoms with Crippen molar-refractivity contribution in [2.75, 3.05) is 0 Å². The Morgan fingerprint density at radius 3 is 2.79 bits per heavy atom. The molecule has 1 saturated carbocycles. The minimum absolute atomic E-state index is 0.305. The number of H-pyrrole nitrogens is 1.